The third-order valence-electron chi connectivity index (χ3n) is 4.14. The van der Waals surface area contributed by atoms with Gasteiger partial charge >= 0.3 is 0 Å². The lowest BCUT2D eigenvalue weighted by molar-refractivity contribution is 0.317. The molecule has 5 nitrogen and oxygen atoms in total. The summed E-state index contributed by atoms with van der Waals surface area (Å²) in [5, 5.41) is 3.46. The molecule has 0 aliphatic rings. The molecule has 0 saturated carbocycles. The minimum atomic E-state index is -3.39. The fraction of sp³-hybridized carbons (Fsp3) is 0.400. The predicted octanol–water partition coefficient (Wildman–Crippen LogP) is 3.58. The summed E-state index contributed by atoms with van der Waals surface area (Å²) in [5.74, 6) is 0.886. The molecule has 0 bridgehead atoms. The number of benzene rings is 2. The minimum absolute atomic E-state index is 0.103. The van der Waals surface area contributed by atoms with Crippen LogP contribution in [0, 0.1) is 0 Å². The molecule has 26 heavy (non-hydrogen) atoms. The molecule has 0 heterocycles. The van der Waals surface area contributed by atoms with E-state index in [4.69, 9.17) is 4.74 Å². The molecule has 1 unspecified atom stereocenters. The van der Waals surface area contributed by atoms with E-state index in [0.717, 1.165) is 29.9 Å². The summed E-state index contributed by atoms with van der Waals surface area (Å²) in [5.41, 5.74) is 2.19. The molecule has 0 radical (unpaired) electrons. The van der Waals surface area contributed by atoms with E-state index in [2.05, 4.69) is 25.2 Å². The lowest BCUT2D eigenvalue weighted by Crippen LogP contribution is -2.22. The van der Waals surface area contributed by atoms with Crippen molar-refractivity contribution in [1.82, 2.24) is 9.62 Å². The third kappa shape index (κ3) is 5.30. The topological polar surface area (TPSA) is 58.6 Å². The number of hydrogen-bond acceptors (Lipinski definition) is 4. The molecule has 1 atom stereocenters. The summed E-state index contributed by atoms with van der Waals surface area (Å²) in [6.45, 7) is 5.58. The molecule has 0 aromatic heterocycles. The monoisotopic (exact) mass is 376 g/mol. The summed E-state index contributed by atoms with van der Waals surface area (Å²) < 4.78 is 31.1. The molecular weight excluding hydrogens is 348 g/mol. The molecular formula is C20H28N2O3S. The first-order chi connectivity index (χ1) is 12.3. The Bertz CT molecular complexity index is 802. The van der Waals surface area contributed by atoms with Crippen LogP contribution in [-0.4, -0.2) is 33.4 Å². The Labute approximate surface area is 157 Å². The van der Waals surface area contributed by atoms with Gasteiger partial charge in [0.2, 0.25) is 10.0 Å². The lowest BCUT2D eigenvalue weighted by Gasteiger charge is -2.16. The normalized spacial score (nSPS) is 13.0. The highest BCUT2D eigenvalue weighted by atomic mass is 32.2. The molecule has 0 fully saturated rings. The molecule has 0 spiro atoms. The summed E-state index contributed by atoms with van der Waals surface area (Å²) in [6, 6.07) is 15.2. The molecule has 0 amide bonds. The maximum Gasteiger partial charge on any atom is 0.242 e. The fourth-order valence-corrected chi connectivity index (χ4v) is 3.39. The Balaban J connectivity index is 1.99. The Morgan fingerprint density at radius 2 is 1.81 bits per heavy atom. The molecule has 2 rings (SSSR count). The second-order valence-electron chi connectivity index (χ2n) is 6.45. The molecule has 0 aliphatic carbocycles. The van der Waals surface area contributed by atoms with E-state index in [-0.39, 0.29) is 6.04 Å². The van der Waals surface area contributed by atoms with Crippen LogP contribution in [0.15, 0.2) is 53.4 Å². The second-order valence-corrected chi connectivity index (χ2v) is 8.61. The van der Waals surface area contributed by atoms with Crippen LogP contribution in [0.1, 0.15) is 37.4 Å². The van der Waals surface area contributed by atoms with Gasteiger partial charge in [-0.15, -0.1) is 0 Å². The summed E-state index contributed by atoms with van der Waals surface area (Å²) >= 11 is 0. The van der Waals surface area contributed by atoms with Gasteiger partial charge in [0.1, 0.15) is 5.75 Å². The lowest BCUT2D eigenvalue weighted by atomic mass is 10.1. The highest BCUT2D eigenvalue weighted by molar-refractivity contribution is 7.89. The minimum Gasteiger partial charge on any atom is -0.494 e. The van der Waals surface area contributed by atoms with Gasteiger partial charge in [-0.25, -0.2) is 12.7 Å². The number of hydrogen-bond donors (Lipinski definition) is 1. The molecule has 0 aliphatic heterocycles. The molecule has 6 heteroatoms. The predicted molar refractivity (Wildman–Crippen MR) is 105 cm³/mol. The average molecular weight is 377 g/mol. The van der Waals surface area contributed by atoms with Crippen molar-refractivity contribution in [2.24, 2.45) is 0 Å². The average Bonchev–Trinajstić information content (AvgIpc) is 2.64. The van der Waals surface area contributed by atoms with Crippen LogP contribution in [-0.2, 0) is 16.6 Å². The van der Waals surface area contributed by atoms with Crippen LogP contribution in [0.4, 0.5) is 0 Å². The van der Waals surface area contributed by atoms with Crippen LogP contribution in [0.2, 0.25) is 0 Å². The number of nitrogens with one attached hydrogen (secondary N) is 1. The van der Waals surface area contributed by atoms with Gasteiger partial charge in [0.25, 0.3) is 0 Å². The number of ether oxygens (including phenoxy) is 1. The Morgan fingerprint density at radius 3 is 2.42 bits per heavy atom. The van der Waals surface area contributed by atoms with Crippen molar-refractivity contribution >= 4 is 10.0 Å². The van der Waals surface area contributed by atoms with Gasteiger partial charge in [0.05, 0.1) is 11.5 Å². The van der Waals surface area contributed by atoms with Gasteiger partial charge in [-0.1, -0.05) is 31.2 Å². The van der Waals surface area contributed by atoms with Gasteiger partial charge in [-0.2, -0.15) is 0 Å². The molecule has 1 N–H and O–H groups in total. The second kappa shape index (κ2) is 9.16. The van der Waals surface area contributed by atoms with Crippen molar-refractivity contribution in [2.75, 3.05) is 20.7 Å². The van der Waals surface area contributed by atoms with Crippen LogP contribution in [0.3, 0.4) is 0 Å². The first kappa shape index (κ1) is 20.4. The fourth-order valence-electron chi connectivity index (χ4n) is 2.49. The molecule has 142 valence electrons. The van der Waals surface area contributed by atoms with Crippen LogP contribution in [0.25, 0.3) is 0 Å². The van der Waals surface area contributed by atoms with Gasteiger partial charge in [-0.3, -0.25) is 0 Å². The summed E-state index contributed by atoms with van der Waals surface area (Å²) in [7, 11) is -0.321. The maximum absolute atomic E-state index is 12.1. The van der Waals surface area contributed by atoms with E-state index in [1.54, 1.807) is 12.1 Å². The Morgan fingerprint density at radius 1 is 1.12 bits per heavy atom. The highest BCUT2D eigenvalue weighted by Crippen LogP contribution is 2.19. The van der Waals surface area contributed by atoms with Crippen LogP contribution in [0.5, 0.6) is 5.75 Å². The van der Waals surface area contributed by atoms with E-state index >= 15 is 0 Å². The van der Waals surface area contributed by atoms with Crippen molar-refractivity contribution in [3.05, 3.63) is 59.7 Å². The number of rotatable bonds is 9. The largest absolute Gasteiger partial charge is 0.494 e. The van der Waals surface area contributed by atoms with Crippen molar-refractivity contribution in [3.63, 3.8) is 0 Å². The zero-order valence-electron chi connectivity index (χ0n) is 15.9. The first-order valence-corrected chi connectivity index (χ1v) is 10.3. The van der Waals surface area contributed by atoms with Crippen molar-refractivity contribution < 1.29 is 13.2 Å². The summed E-state index contributed by atoms with van der Waals surface area (Å²) in [6.07, 6.45) is 0.985. The molecule has 2 aromatic rings. The van der Waals surface area contributed by atoms with Gasteiger partial charge < -0.3 is 10.1 Å². The van der Waals surface area contributed by atoms with Crippen molar-refractivity contribution in [2.45, 2.75) is 37.8 Å². The van der Waals surface area contributed by atoms with Gasteiger partial charge in [0, 0.05) is 26.7 Å². The number of nitrogens with zero attached hydrogens (tertiary/aromatic N) is 1. The third-order valence-corrected chi connectivity index (χ3v) is 5.97. The zero-order chi connectivity index (χ0) is 19.2. The van der Waals surface area contributed by atoms with Crippen LogP contribution >= 0.6 is 0 Å². The molecule has 2 aromatic carbocycles. The number of sulfonamides is 1. The van der Waals surface area contributed by atoms with E-state index in [1.807, 2.05) is 30.3 Å². The summed E-state index contributed by atoms with van der Waals surface area (Å²) in [4.78, 5) is 0.305. The van der Waals surface area contributed by atoms with E-state index in [1.165, 1.54) is 18.4 Å². The van der Waals surface area contributed by atoms with E-state index < -0.39 is 10.0 Å². The SMILES string of the molecule is CCCOc1cccc(CNC(C)c2ccc(S(=O)(=O)N(C)C)cc2)c1. The van der Waals surface area contributed by atoms with Crippen LogP contribution < -0.4 is 10.1 Å². The highest BCUT2D eigenvalue weighted by Gasteiger charge is 2.17. The van der Waals surface area contributed by atoms with Gasteiger partial charge in [-0.05, 0) is 48.7 Å². The smallest absolute Gasteiger partial charge is 0.242 e. The van der Waals surface area contributed by atoms with Crippen molar-refractivity contribution in [3.8, 4) is 5.75 Å². The Hall–Kier alpha value is -1.89. The standard InChI is InChI=1S/C20H28N2O3S/c1-5-13-25-19-8-6-7-17(14-19)15-21-16(2)18-9-11-20(12-10-18)26(23,24)22(3)4/h6-12,14,16,21H,5,13,15H2,1-4H3. The molecule has 0 saturated heterocycles. The van der Waals surface area contributed by atoms with E-state index in [9.17, 15) is 8.42 Å². The van der Waals surface area contributed by atoms with Crippen molar-refractivity contribution in [1.29, 1.82) is 0 Å². The Kier molecular flexibility index (Phi) is 7.20. The van der Waals surface area contributed by atoms with E-state index in [0.29, 0.717) is 11.4 Å². The quantitative estimate of drug-likeness (QED) is 0.727. The maximum atomic E-state index is 12.1. The zero-order valence-corrected chi connectivity index (χ0v) is 16.7. The van der Waals surface area contributed by atoms with Gasteiger partial charge in [0.15, 0.2) is 0 Å². The first-order valence-electron chi connectivity index (χ1n) is 8.82.